The van der Waals surface area contributed by atoms with E-state index in [9.17, 15) is 4.79 Å². The minimum Gasteiger partial charge on any atom is -0.340 e. The second kappa shape index (κ2) is 5.89. The standard InChI is InChI=1S/C16H16ClNO/c1-3-18(15-10-5-4-7-12(15)2)16-13(11-19)8-6-9-14(16)17/h4-11H,3H2,1-2H3. The number of hydrogen-bond donors (Lipinski definition) is 0. The maximum Gasteiger partial charge on any atom is 0.152 e. The summed E-state index contributed by atoms with van der Waals surface area (Å²) in [5, 5.41) is 0.592. The second-order valence-electron chi connectivity index (χ2n) is 4.33. The van der Waals surface area contributed by atoms with Gasteiger partial charge < -0.3 is 4.90 Å². The summed E-state index contributed by atoms with van der Waals surface area (Å²) >= 11 is 6.28. The van der Waals surface area contributed by atoms with Gasteiger partial charge in [-0.2, -0.15) is 0 Å². The van der Waals surface area contributed by atoms with E-state index in [-0.39, 0.29) is 0 Å². The molecule has 3 heteroatoms. The minimum absolute atomic E-state index is 0.592. The summed E-state index contributed by atoms with van der Waals surface area (Å²) in [5.41, 5.74) is 3.61. The van der Waals surface area contributed by atoms with E-state index in [1.807, 2.05) is 31.2 Å². The third kappa shape index (κ3) is 2.64. The molecule has 2 rings (SSSR count). The normalized spacial score (nSPS) is 10.3. The molecular formula is C16H16ClNO. The highest BCUT2D eigenvalue weighted by Crippen LogP contribution is 2.35. The van der Waals surface area contributed by atoms with E-state index in [2.05, 4.69) is 17.9 Å². The van der Waals surface area contributed by atoms with Crippen LogP contribution in [-0.4, -0.2) is 12.8 Å². The lowest BCUT2D eigenvalue weighted by Gasteiger charge is -2.27. The number of aryl methyl sites for hydroxylation is 1. The molecule has 19 heavy (non-hydrogen) atoms. The lowest BCUT2D eigenvalue weighted by atomic mass is 10.1. The van der Waals surface area contributed by atoms with Crippen molar-refractivity contribution in [2.45, 2.75) is 13.8 Å². The van der Waals surface area contributed by atoms with Crippen molar-refractivity contribution in [3.63, 3.8) is 0 Å². The van der Waals surface area contributed by atoms with Gasteiger partial charge in [-0.3, -0.25) is 4.79 Å². The predicted molar refractivity (Wildman–Crippen MR) is 80.7 cm³/mol. The number of benzene rings is 2. The highest BCUT2D eigenvalue weighted by molar-refractivity contribution is 6.34. The van der Waals surface area contributed by atoms with Crippen molar-refractivity contribution in [1.82, 2.24) is 0 Å². The molecule has 0 spiro atoms. The van der Waals surface area contributed by atoms with Crippen LogP contribution < -0.4 is 4.90 Å². The number of nitrogens with zero attached hydrogens (tertiary/aromatic N) is 1. The second-order valence-corrected chi connectivity index (χ2v) is 4.73. The van der Waals surface area contributed by atoms with Gasteiger partial charge in [0.2, 0.25) is 0 Å². The summed E-state index contributed by atoms with van der Waals surface area (Å²) < 4.78 is 0. The zero-order valence-electron chi connectivity index (χ0n) is 11.1. The Morgan fingerprint density at radius 2 is 1.89 bits per heavy atom. The van der Waals surface area contributed by atoms with Crippen LogP contribution in [0.5, 0.6) is 0 Å². The van der Waals surface area contributed by atoms with E-state index in [0.717, 1.165) is 29.8 Å². The first-order valence-corrected chi connectivity index (χ1v) is 6.63. The van der Waals surface area contributed by atoms with E-state index in [1.54, 1.807) is 12.1 Å². The van der Waals surface area contributed by atoms with Crippen molar-refractivity contribution in [2.75, 3.05) is 11.4 Å². The van der Waals surface area contributed by atoms with Crippen LogP contribution >= 0.6 is 11.6 Å². The van der Waals surface area contributed by atoms with Gasteiger partial charge in [-0.25, -0.2) is 0 Å². The van der Waals surface area contributed by atoms with Crippen LogP contribution in [0, 0.1) is 6.92 Å². The molecule has 0 amide bonds. The van der Waals surface area contributed by atoms with Gasteiger partial charge in [0.05, 0.1) is 10.7 Å². The first-order valence-electron chi connectivity index (χ1n) is 6.26. The van der Waals surface area contributed by atoms with Gasteiger partial charge in [-0.15, -0.1) is 0 Å². The topological polar surface area (TPSA) is 20.3 Å². The number of carbonyl (C=O) groups is 1. The minimum atomic E-state index is 0.592. The van der Waals surface area contributed by atoms with Gasteiger partial charge in [0.15, 0.2) is 6.29 Å². The summed E-state index contributed by atoms with van der Waals surface area (Å²) in [6.07, 6.45) is 0.849. The average Bonchev–Trinajstić information content (AvgIpc) is 2.43. The van der Waals surface area contributed by atoms with E-state index in [4.69, 9.17) is 11.6 Å². The molecule has 0 aliphatic rings. The molecule has 0 saturated heterocycles. The Morgan fingerprint density at radius 1 is 1.16 bits per heavy atom. The Hall–Kier alpha value is -1.80. The van der Waals surface area contributed by atoms with Crippen molar-refractivity contribution < 1.29 is 4.79 Å². The van der Waals surface area contributed by atoms with Crippen molar-refractivity contribution >= 4 is 29.3 Å². The quantitative estimate of drug-likeness (QED) is 0.758. The van der Waals surface area contributed by atoms with E-state index < -0.39 is 0 Å². The van der Waals surface area contributed by atoms with Crippen LogP contribution in [0.25, 0.3) is 0 Å². The lowest BCUT2D eigenvalue weighted by Crippen LogP contribution is -2.19. The van der Waals surface area contributed by atoms with Crippen molar-refractivity contribution in [2.24, 2.45) is 0 Å². The fraction of sp³-hybridized carbons (Fsp3) is 0.188. The summed E-state index contributed by atoms with van der Waals surface area (Å²) in [4.78, 5) is 13.3. The Balaban J connectivity index is 2.61. The number of anilines is 2. The molecule has 0 radical (unpaired) electrons. The number of halogens is 1. The van der Waals surface area contributed by atoms with Crippen molar-refractivity contribution in [1.29, 1.82) is 0 Å². The number of rotatable bonds is 4. The van der Waals surface area contributed by atoms with Crippen LogP contribution in [-0.2, 0) is 0 Å². The average molecular weight is 274 g/mol. The van der Waals surface area contributed by atoms with Crippen LogP contribution in [0.15, 0.2) is 42.5 Å². The summed E-state index contributed by atoms with van der Waals surface area (Å²) in [6, 6.07) is 13.5. The smallest absolute Gasteiger partial charge is 0.152 e. The number of aldehydes is 1. The van der Waals surface area contributed by atoms with Crippen LogP contribution in [0.4, 0.5) is 11.4 Å². The fourth-order valence-electron chi connectivity index (χ4n) is 2.23. The van der Waals surface area contributed by atoms with Crippen LogP contribution in [0.1, 0.15) is 22.8 Å². The van der Waals surface area contributed by atoms with Crippen LogP contribution in [0.3, 0.4) is 0 Å². The highest BCUT2D eigenvalue weighted by atomic mass is 35.5. The molecule has 98 valence electrons. The molecule has 0 atom stereocenters. The molecule has 0 aromatic heterocycles. The summed E-state index contributed by atoms with van der Waals surface area (Å²) in [5.74, 6) is 0. The zero-order chi connectivity index (χ0) is 13.8. The lowest BCUT2D eigenvalue weighted by molar-refractivity contribution is 0.112. The number of carbonyl (C=O) groups excluding carboxylic acids is 1. The maximum atomic E-state index is 11.2. The molecule has 0 fully saturated rings. The maximum absolute atomic E-state index is 11.2. The van der Waals surface area contributed by atoms with Crippen molar-refractivity contribution in [3.05, 3.63) is 58.6 Å². The van der Waals surface area contributed by atoms with E-state index in [0.29, 0.717) is 10.6 Å². The molecule has 0 saturated carbocycles. The first kappa shape index (κ1) is 13.6. The predicted octanol–water partition coefficient (Wildman–Crippen LogP) is 4.62. The van der Waals surface area contributed by atoms with Crippen LogP contribution in [0.2, 0.25) is 5.02 Å². The Kier molecular flexibility index (Phi) is 4.23. The van der Waals surface area contributed by atoms with Gasteiger partial charge in [0, 0.05) is 17.8 Å². The van der Waals surface area contributed by atoms with Crippen molar-refractivity contribution in [3.8, 4) is 0 Å². The monoisotopic (exact) mass is 273 g/mol. The molecule has 2 aromatic rings. The third-order valence-corrected chi connectivity index (χ3v) is 3.44. The largest absolute Gasteiger partial charge is 0.340 e. The molecular weight excluding hydrogens is 258 g/mol. The fourth-order valence-corrected chi connectivity index (χ4v) is 2.51. The van der Waals surface area contributed by atoms with Gasteiger partial charge in [0.25, 0.3) is 0 Å². The van der Waals surface area contributed by atoms with Gasteiger partial charge in [-0.1, -0.05) is 35.9 Å². The van der Waals surface area contributed by atoms with Gasteiger partial charge in [-0.05, 0) is 37.6 Å². The first-order chi connectivity index (χ1) is 9.19. The van der Waals surface area contributed by atoms with E-state index >= 15 is 0 Å². The summed E-state index contributed by atoms with van der Waals surface area (Å²) in [7, 11) is 0. The number of para-hydroxylation sites is 2. The molecule has 2 aromatic carbocycles. The number of hydrogen-bond acceptors (Lipinski definition) is 2. The third-order valence-electron chi connectivity index (χ3n) is 3.14. The molecule has 0 N–H and O–H groups in total. The molecule has 2 nitrogen and oxygen atoms in total. The molecule has 0 aliphatic carbocycles. The Labute approximate surface area is 118 Å². The van der Waals surface area contributed by atoms with Gasteiger partial charge in [0.1, 0.15) is 0 Å². The molecule has 0 aliphatic heterocycles. The van der Waals surface area contributed by atoms with E-state index in [1.165, 1.54) is 0 Å². The molecule has 0 unspecified atom stereocenters. The molecule has 0 bridgehead atoms. The highest BCUT2D eigenvalue weighted by Gasteiger charge is 2.16. The van der Waals surface area contributed by atoms with Gasteiger partial charge >= 0.3 is 0 Å². The Morgan fingerprint density at radius 3 is 2.53 bits per heavy atom. The summed E-state index contributed by atoms with van der Waals surface area (Å²) in [6.45, 7) is 4.84. The Bertz CT molecular complexity index is 595. The SMILES string of the molecule is CCN(c1ccccc1C)c1c(Cl)cccc1C=O. The molecule has 0 heterocycles. The zero-order valence-corrected chi connectivity index (χ0v) is 11.8.